The van der Waals surface area contributed by atoms with Gasteiger partial charge in [0.2, 0.25) is 0 Å². The third kappa shape index (κ3) is 2.72. The Kier molecular flexibility index (Phi) is 3.56. The number of nitrogens with one attached hydrogen (secondary N) is 1. The molecule has 0 spiro atoms. The number of hydrogen-bond acceptors (Lipinski definition) is 3. The van der Waals surface area contributed by atoms with Gasteiger partial charge in [-0.05, 0) is 25.7 Å². The molecule has 2 N–H and O–H groups in total. The van der Waals surface area contributed by atoms with E-state index in [4.69, 9.17) is 5.11 Å². The van der Waals surface area contributed by atoms with Crippen LogP contribution in [0.15, 0.2) is 11.1 Å². The van der Waals surface area contributed by atoms with E-state index in [0.29, 0.717) is 24.3 Å². The number of nitrogens with zero attached hydrogens (tertiary/aromatic N) is 1. The third-order valence-corrected chi connectivity index (χ3v) is 3.29. The van der Waals surface area contributed by atoms with E-state index in [-0.39, 0.29) is 12.0 Å². The zero-order valence-corrected chi connectivity index (χ0v) is 9.61. The van der Waals surface area contributed by atoms with Gasteiger partial charge in [0, 0.05) is 17.9 Å². The van der Waals surface area contributed by atoms with Crippen LogP contribution in [0.4, 0.5) is 0 Å². The van der Waals surface area contributed by atoms with E-state index in [2.05, 4.69) is 9.97 Å². The molecule has 1 heterocycles. The summed E-state index contributed by atoms with van der Waals surface area (Å²) in [4.78, 5) is 29.0. The largest absolute Gasteiger partial charge is 0.481 e. The normalized spacial score (nSPS) is 15.5. The molecular formula is C12H16N2O3. The van der Waals surface area contributed by atoms with Gasteiger partial charge < -0.3 is 10.1 Å². The van der Waals surface area contributed by atoms with E-state index in [1.807, 2.05) is 0 Å². The first-order valence-corrected chi connectivity index (χ1v) is 5.96. The van der Waals surface area contributed by atoms with Crippen molar-refractivity contribution in [2.45, 2.75) is 44.4 Å². The van der Waals surface area contributed by atoms with Crippen LogP contribution in [0.3, 0.4) is 0 Å². The highest BCUT2D eigenvalue weighted by Gasteiger charge is 2.24. The lowest BCUT2D eigenvalue weighted by atomic mass is 9.80. The SMILES string of the molecule is O=C(O)CCCc1c(C2CCC2)nc[nH]c1=O. The predicted molar refractivity (Wildman–Crippen MR) is 62.0 cm³/mol. The molecule has 0 atom stereocenters. The van der Waals surface area contributed by atoms with Gasteiger partial charge in [0.05, 0.1) is 12.0 Å². The molecule has 1 fully saturated rings. The molecule has 17 heavy (non-hydrogen) atoms. The molecule has 0 bridgehead atoms. The average molecular weight is 236 g/mol. The van der Waals surface area contributed by atoms with Crippen molar-refractivity contribution >= 4 is 5.97 Å². The molecule has 1 aliphatic rings. The lowest BCUT2D eigenvalue weighted by Gasteiger charge is -2.26. The monoisotopic (exact) mass is 236 g/mol. The average Bonchev–Trinajstić information content (AvgIpc) is 2.19. The van der Waals surface area contributed by atoms with Gasteiger partial charge in [0.25, 0.3) is 5.56 Å². The Morgan fingerprint density at radius 2 is 2.29 bits per heavy atom. The number of rotatable bonds is 5. The maximum absolute atomic E-state index is 11.7. The first-order valence-electron chi connectivity index (χ1n) is 5.96. The Morgan fingerprint density at radius 1 is 1.53 bits per heavy atom. The fourth-order valence-electron chi connectivity index (χ4n) is 2.13. The Hall–Kier alpha value is -1.65. The zero-order valence-electron chi connectivity index (χ0n) is 9.61. The lowest BCUT2D eigenvalue weighted by molar-refractivity contribution is -0.137. The van der Waals surface area contributed by atoms with Crippen molar-refractivity contribution in [3.63, 3.8) is 0 Å². The Balaban J connectivity index is 2.12. The molecule has 2 rings (SSSR count). The van der Waals surface area contributed by atoms with Crippen LogP contribution < -0.4 is 5.56 Å². The van der Waals surface area contributed by atoms with Crippen LogP contribution in [-0.2, 0) is 11.2 Å². The molecule has 1 aromatic heterocycles. The van der Waals surface area contributed by atoms with Crippen molar-refractivity contribution in [3.05, 3.63) is 27.9 Å². The Morgan fingerprint density at radius 3 is 2.88 bits per heavy atom. The molecule has 0 aromatic carbocycles. The number of aliphatic carboxylic acids is 1. The second-order valence-corrected chi connectivity index (χ2v) is 4.47. The van der Waals surface area contributed by atoms with E-state index in [0.717, 1.165) is 18.5 Å². The molecule has 5 heteroatoms. The molecule has 92 valence electrons. The molecule has 0 aliphatic heterocycles. The third-order valence-electron chi connectivity index (χ3n) is 3.29. The highest BCUT2D eigenvalue weighted by Crippen LogP contribution is 2.36. The highest BCUT2D eigenvalue weighted by molar-refractivity contribution is 5.66. The number of aromatic amines is 1. The molecule has 5 nitrogen and oxygen atoms in total. The second-order valence-electron chi connectivity index (χ2n) is 4.47. The summed E-state index contributed by atoms with van der Waals surface area (Å²) in [5.41, 5.74) is 1.44. The lowest BCUT2D eigenvalue weighted by Crippen LogP contribution is -2.22. The van der Waals surface area contributed by atoms with Crippen molar-refractivity contribution in [1.82, 2.24) is 9.97 Å². The van der Waals surface area contributed by atoms with E-state index >= 15 is 0 Å². The van der Waals surface area contributed by atoms with Crippen LogP contribution >= 0.6 is 0 Å². The predicted octanol–water partition coefficient (Wildman–Crippen LogP) is 1.44. The number of carboxylic acids is 1. The van der Waals surface area contributed by atoms with E-state index in [9.17, 15) is 9.59 Å². The molecule has 0 radical (unpaired) electrons. The molecular weight excluding hydrogens is 220 g/mol. The van der Waals surface area contributed by atoms with E-state index in [1.165, 1.54) is 12.7 Å². The van der Waals surface area contributed by atoms with Gasteiger partial charge in [-0.15, -0.1) is 0 Å². The minimum atomic E-state index is -0.824. The van der Waals surface area contributed by atoms with Crippen LogP contribution in [0.25, 0.3) is 0 Å². The fraction of sp³-hybridized carbons (Fsp3) is 0.583. The topological polar surface area (TPSA) is 83.0 Å². The number of H-pyrrole nitrogens is 1. The second kappa shape index (κ2) is 5.12. The van der Waals surface area contributed by atoms with Gasteiger partial charge in [0.1, 0.15) is 0 Å². The van der Waals surface area contributed by atoms with Gasteiger partial charge >= 0.3 is 5.97 Å². The molecule has 0 saturated heterocycles. The summed E-state index contributed by atoms with van der Waals surface area (Å²) in [6.07, 6.45) is 5.89. The molecule has 1 aromatic rings. The van der Waals surface area contributed by atoms with Crippen LogP contribution in [0.2, 0.25) is 0 Å². The molecule has 1 saturated carbocycles. The number of aromatic nitrogens is 2. The molecule has 0 unspecified atom stereocenters. The molecule has 1 aliphatic carbocycles. The summed E-state index contributed by atoms with van der Waals surface area (Å²) in [6, 6.07) is 0. The maximum atomic E-state index is 11.7. The highest BCUT2D eigenvalue weighted by atomic mass is 16.4. The van der Waals surface area contributed by atoms with Crippen LogP contribution in [0.1, 0.15) is 49.3 Å². The first-order chi connectivity index (χ1) is 8.18. The number of carbonyl (C=O) groups is 1. The van der Waals surface area contributed by atoms with E-state index in [1.54, 1.807) is 0 Å². The van der Waals surface area contributed by atoms with Crippen molar-refractivity contribution in [2.75, 3.05) is 0 Å². The first kappa shape index (κ1) is 11.8. The molecule has 0 amide bonds. The fourth-order valence-corrected chi connectivity index (χ4v) is 2.13. The number of carboxylic acid groups (broad SMARTS) is 1. The summed E-state index contributed by atoms with van der Waals surface area (Å²) in [5, 5.41) is 8.60. The van der Waals surface area contributed by atoms with Crippen molar-refractivity contribution in [1.29, 1.82) is 0 Å². The van der Waals surface area contributed by atoms with Gasteiger partial charge in [-0.3, -0.25) is 9.59 Å². The quantitative estimate of drug-likeness (QED) is 0.810. The Labute approximate surface area is 98.9 Å². The maximum Gasteiger partial charge on any atom is 0.303 e. The standard InChI is InChI=1S/C12H16N2O3/c15-10(16)6-2-5-9-11(8-3-1-4-8)13-7-14-12(9)17/h7-8H,1-6H2,(H,15,16)(H,13,14,17). The smallest absolute Gasteiger partial charge is 0.303 e. The summed E-state index contributed by atoms with van der Waals surface area (Å²) < 4.78 is 0. The van der Waals surface area contributed by atoms with Gasteiger partial charge in [-0.2, -0.15) is 0 Å². The van der Waals surface area contributed by atoms with Gasteiger partial charge in [0.15, 0.2) is 0 Å². The summed E-state index contributed by atoms with van der Waals surface area (Å²) >= 11 is 0. The van der Waals surface area contributed by atoms with Gasteiger partial charge in [-0.25, -0.2) is 4.98 Å². The van der Waals surface area contributed by atoms with Crippen molar-refractivity contribution < 1.29 is 9.90 Å². The zero-order chi connectivity index (χ0) is 12.3. The number of hydrogen-bond donors (Lipinski definition) is 2. The minimum Gasteiger partial charge on any atom is -0.481 e. The van der Waals surface area contributed by atoms with Crippen LogP contribution in [0, 0.1) is 0 Å². The van der Waals surface area contributed by atoms with Gasteiger partial charge in [-0.1, -0.05) is 6.42 Å². The van der Waals surface area contributed by atoms with Crippen molar-refractivity contribution in [3.8, 4) is 0 Å². The Bertz CT molecular complexity index is 463. The summed E-state index contributed by atoms with van der Waals surface area (Å²) in [5.74, 6) is -0.423. The minimum absolute atomic E-state index is 0.0957. The summed E-state index contributed by atoms with van der Waals surface area (Å²) in [6.45, 7) is 0. The van der Waals surface area contributed by atoms with Crippen LogP contribution in [0.5, 0.6) is 0 Å². The summed E-state index contributed by atoms with van der Waals surface area (Å²) in [7, 11) is 0. The van der Waals surface area contributed by atoms with Crippen LogP contribution in [-0.4, -0.2) is 21.0 Å². The van der Waals surface area contributed by atoms with E-state index < -0.39 is 5.97 Å². The van der Waals surface area contributed by atoms with Crippen molar-refractivity contribution in [2.24, 2.45) is 0 Å².